The topological polar surface area (TPSA) is 81.3 Å². The fourth-order valence-electron chi connectivity index (χ4n) is 1.40. The van der Waals surface area contributed by atoms with Crippen LogP contribution in [0.25, 0.3) is 0 Å². The quantitative estimate of drug-likeness (QED) is 0.879. The average molecular weight is 305 g/mol. The number of hydrogen-bond donors (Lipinski definition) is 1. The molecule has 0 saturated heterocycles. The van der Waals surface area contributed by atoms with Gasteiger partial charge >= 0.3 is 11.7 Å². The summed E-state index contributed by atoms with van der Waals surface area (Å²) in [7, 11) is 0. The molecule has 0 spiro atoms. The fourth-order valence-corrected chi connectivity index (χ4v) is 1.86. The molecule has 0 fully saturated rings. The van der Waals surface area contributed by atoms with Crippen LogP contribution < -0.4 is 11.2 Å². The van der Waals surface area contributed by atoms with E-state index >= 15 is 0 Å². The highest BCUT2D eigenvalue weighted by molar-refractivity contribution is 9.10. The summed E-state index contributed by atoms with van der Waals surface area (Å²) in [6.07, 6.45) is 1.20. The summed E-state index contributed by atoms with van der Waals surface area (Å²) in [6.45, 7) is 3.54. The van der Waals surface area contributed by atoms with E-state index in [2.05, 4.69) is 15.9 Å². The molecule has 17 heavy (non-hydrogen) atoms. The number of aliphatic carboxylic acids is 1. The summed E-state index contributed by atoms with van der Waals surface area (Å²) in [5.41, 5.74) is -1.04. The monoisotopic (exact) mass is 304 g/mol. The molecule has 1 rings (SSSR count). The molecule has 0 bridgehead atoms. The van der Waals surface area contributed by atoms with Gasteiger partial charge in [0.05, 0.1) is 4.47 Å². The highest BCUT2D eigenvalue weighted by Crippen LogP contribution is 2.01. The van der Waals surface area contributed by atoms with Crippen molar-refractivity contribution in [1.29, 1.82) is 0 Å². The minimum atomic E-state index is -1.13. The first kappa shape index (κ1) is 13.7. The third-order valence-corrected chi connectivity index (χ3v) is 2.59. The predicted octanol–water partition coefficient (Wildman–Crippen LogP) is 0.513. The third kappa shape index (κ3) is 3.29. The first-order chi connectivity index (χ1) is 7.82. The van der Waals surface area contributed by atoms with Gasteiger partial charge in [0, 0.05) is 12.7 Å². The maximum absolute atomic E-state index is 11.9. The van der Waals surface area contributed by atoms with Gasteiger partial charge in [-0.25, -0.2) is 4.79 Å². The molecule has 0 atom stereocenters. The smallest absolute Gasteiger partial charge is 0.331 e. The van der Waals surface area contributed by atoms with Crippen molar-refractivity contribution in [3.8, 4) is 0 Å². The molecule has 7 heteroatoms. The van der Waals surface area contributed by atoms with E-state index in [0.717, 1.165) is 9.13 Å². The zero-order valence-electron chi connectivity index (χ0n) is 9.51. The molecule has 6 nitrogen and oxygen atoms in total. The Morgan fingerprint density at radius 1 is 1.47 bits per heavy atom. The van der Waals surface area contributed by atoms with Gasteiger partial charge in [0.25, 0.3) is 5.56 Å². The summed E-state index contributed by atoms with van der Waals surface area (Å²) >= 11 is 3.02. The molecule has 1 aromatic rings. The van der Waals surface area contributed by atoms with E-state index in [1.54, 1.807) is 0 Å². The maximum Gasteiger partial charge on any atom is 0.331 e. The molecular weight excluding hydrogens is 292 g/mol. The van der Waals surface area contributed by atoms with Crippen molar-refractivity contribution in [3.63, 3.8) is 0 Å². The van der Waals surface area contributed by atoms with Gasteiger partial charge in [-0.15, -0.1) is 0 Å². The number of nitrogens with zero attached hydrogens (tertiary/aromatic N) is 2. The molecule has 0 aliphatic heterocycles. The summed E-state index contributed by atoms with van der Waals surface area (Å²) in [5.74, 6) is -1.01. The minimum Gasteiger partial charge on any atom is -0.480 e. The van der Waals surface area contributed by atoms with Crippen molar-refractivity contribution < 1.29 is 9.90 Å². The number of hydrogen-bond acceptors (Lipinski definition) is 3. The molecule has 1 heterocycles. The number of carbonyl (C=O) groups is 1. The Morgan fingerprint density at radius 2 is 2.06 bits per heavy atom. The van der Waals surface area contributed by atoms with Gasteiger partial charge in [0.1, 0.15) is 6.54 Å². The third-order valence-electron chi connectivity index (χ3n) is 2.05. The van der Waals surface area contributed by atoms with Gasteiger partial charge in [-0.05, 0) is 21.8 Å². The van der Waals surface area contributed by atoms with Crippen LogP contribution in [0.15, 0.2) is 20.3 Å². The van der Waals surface area contributed by atoms with Gasteiger partial charge in [-0.2, -0.15) is 0 Å². The summed E-state index contributed by atoms with van der Waals surface area (Å²) in [6, 6.07) is 0. The minimum absolute atomic E-state index is 0.118. The first-order valence-electron chi connectivity index (χ1n) is 5.04. The van der Waals surface area contributed by atoms with Gasteiger partial charge in [-0.1, -0.05) is 13.8 Å². The van der Waals surface area contributed by atoms with Crippen LogP contribution in [0.5, 0.6) is 0 Å². The van der Waals surface area contributed by atoms with E-state index in [1.165, 1.54) is 6.20 Å². The fraction of sp³-hybridized carbons (Fsp3) is 0.500. The maximum atomic E-state index is 11.9. The van der Waals surface area contributed by atoms with Crippen molar-refractivity contribution in [2.75, 3.05) is 0 Å². The van der Waals surface area contributed by atoms with Gasteiger partial charge in [0.15, 0.2) is 0 Å². The Kier molecular flexibility index (Phi) is 4.28. The number of carboxylic acids is 1. The molecule has 0 amide bonds. The lowest BCUT2D eigenvalue weighted by Crippen LogP contribution is -2.41. The van der Waals surface area contributed by atoms with Crippen LogP contribution >= 0.6 is 15.9 Å². The van der Waals surface area contributed by atoms with E-state index in [9.17, 15) is 14.4 Å². The number of rotatable bonds is 4. The molecule has 0 aromatic carbocycles. The Bertz CT molecular complexity index is 544. The Labute approximate surface area is 106 Å². The average Bonchev–Trinajstić information content (AvgIpc) is 2.20. The van der Waals surface area contributed by atoms with Gasteiger partial charge in [-0.3, -0.25) is 18.7 Å². The normalized spacial score (nSPS) is 10.8. The molecule has 0 radical (unpaired) electrons. The van der Waals surface area contributed by atoms with Crippen molar-refractivity contribution in [2.45, 2.75) is 26.9 Å². The van der Waals surface area contributed by atoms with Crippen molar-refractivity contribution in [3.05, 3.63) is 31.5 Å². The zero-order chi connectivity index (χ0) is 13.2. The summed E-state index contributed by atoms with van der Waals surface area (Å²) in [4.78, 5) is 34.2. The number of halogens is 1. The Hall–Kier alpha value is -1.37. The van der Waals surface area contributed by atoms with Crippen LogP contribution in [0, 0.1) is 5.92 Å². The lowest BCUT2D eigenvalue weighted by molar-refractivity contribution is -0.137. The Balaban J connectivity index is 3.38. The second-order valence-electron chi connectivity index (χ2n) is 4.09. The molecule has 0 aliphatic rings. The molecular formula is C10H13BrN2O4. The molecule has 94 valence electrons. The van der Waals surface area contributed by atoms with Crippen molar-refractivity contribution in [1.82, 2.24) is 9.13 Å². The van der Waals surface area contributed by atoms with Crippen LogP contribution in [0.2, 0.25) is 0 Å². The largest absolute Gasteiger partial charge is 0.480 e. The second-order valence-corrected chi connectivity index (χ2v) is 4.95. The number of aromatic nitrogens is 2. The molecule has 1 N–H and O–H groups in total. The zero-order valence-corrected chi connectivity index (χ0v) is 11.1. The highest BCUT2D eigenvalue weighted by Gasteiger charge is 2.12. The van der Waals surface area contributed by atoms with E-state index in [0.29, 0.717) is 0 Å². The lowest BCUT2D eigenvalue weighted by atomic mass is 10.2. The van der Waals surface area contributed by atoms with E-state index in [4.69, 9.17) is 5.11 Å². The summed E-state index contributed by atoms with van der Waals surface area (Å²) < 4.78 is 2.22. The molecule has 0 saturated carbocycles. The van der Waals surface area contributed by atoms with Crippen LogP contribution in [-0.4, -0.2) is 20.2 Å². The van der Waals surface area contributed by atoms with Crippen LogP contribution in [-0.2, 0) is 17.9 Å². The van der Waals surface area contributed by atoms with E-state index < -0.39 is 23.8 Å². The van der Waals surface area contributed by atoms with Crippen molar-refractivity contribution in [2.24, 2.45) is 5.92 Å². The van der Waals surface area contributed by atoms with Crippen LogP contribution in [0.1, 0.15) is 13.8 Å². The van der Waals surface area contributed by atoms with Crippen LogP contribution in [0.4, 0.5) is 0 Å². The van der Waals surface area contributed by atoms with Gasteiger partial charge < -0.3 is 5.11 Å². The second kappa shape index (κ2) is 5.31. The first-order valence-corrected chi connectivity index (χ1v) is 5.83. The lowest BCUT2D eigenvalue weighted by Gasteiger charge is -2.11. The van der Waals surface area contributed by atoms with Gasteiger partial charge in [0.2, 0.25) is 0 Å². The standard InChI is InChI=1S/C10H13BrN2O4/c1-6(2)3-13-9(16)7(11)4-12(10(13)17)5-8(14)15/h4,6H,3,5H2,1-2H3,(H,14,15). The van der Waals surface area contributed by atoms with Crippen LogP contribution in [0.3, 0.4) is 0 Å². The van der Waals surface area contributed by atoms with E-state index in [-0.39, 0.29) is 16.9 Å². The Morgan fingerprint density at radius 3 is 2.53 bits per heavy atom. The highest BCUT2D eigenvalue weighted by atomic mass is 79.9. The predicted molar refractivity (Wildman–Crippen MR) is 65.1 cm³/mol. The SMILES string of the molecule is CC(C)Cn1c(=O)c(Br)cn(CC(=O)O)c1=O. The molecule has 0 unspecified atom stereocenters. The molecule has 1 aromatic heterocycles. The molecule has 0 aliphatic carbocycles. The summed E-state index contributed by atoms with van der Waals surface area (Å²) in [5, 5.41) is 8.66. The van der Waals surface area contributed by atoms with E-state index in [1.807, 2.05) is 13.8 Å². The number of carboxylic acid groups (broad SMARTS) is 1. The van der Waals surface area contributed by atoms with Crippen molar-refractivity contribution >= 4 is 21.9 Å².